The molecule has 0 heterocycles. The van der Waals surface area contributed by atoms with Gasteiger partial charge in [0, 0.05) is 17.6 Å². The first kappa shape index (κ1) is 25.3. The minimum atomic E-state index is -4.14. The fourth-order valence-corrected chi connectivity index (χ4v) is 5.42. The number of rotatable bonds is 9. The largest absolute Gasteiger partial charge is 0.493 e. The van der Waals surface area contributed by atoms with Crippen molar-refractivity contribution in [1.29, 1.82) is 0 Å². The van der Waals surface area contributed by atoms with Crippen LogP contribution in [0.4, 0.5) is 5.69 Å². The van der Waals surface area contributed by atoms with Crippen molar-refractivity contribution < 1.29 is 22.7 Å². The second-order valence-electron chi connectivity index (χ2n) is 7.92. The van der Waals surface area contributed by atoms with Crippen LogP contribution in [0.3, 0.4) is 0 Å². The highest BCUT2D eigenvalue weighted by Crippen LogP contribution is 2.32. The Hall–Kier alpha value is -3.75. The highest BCUT2D eigenvalue weighted by Gasteiger charge is 2.28. The summed E-state index contributed by atoms with van der Waals surface area (Å²) in [4.78, 5) is 13.0. The number of anilines is 1. The zero-order valence-corrected chi connectivity index (χ0v) is 21.3. The van der Waals surface area contributed by atoms with Crippen LogP contribution in [0.2, 0.25) is 5.02 Å². The molecule has 0 saturated carbocycles. The molecule has 9 heteroatoms. The normalized spacial score (nSPS) is 11.2. The lowest BCUT2D eigenvalue weighted by Crippen LogP contribution is -2.40. The molecule has 0 aliphatic carbocycles. The van der Waals surface area contributed by atoms with E-state index in [0.29, 0.717) is 16.5 Å². The Bertz CT molecular complexity index is 1480. The molecule has 4 rings (SSSR count). The van der Waals surface area contributed by atoms with Gasteiger partial charge in [-0.15, -0.1) is 0 Å². The van der Waals surface area contributed by atoms with Crippen LogP contribution in [0, 0.1) is 0 Å². The molecule has 0 unspecified atom stereocenters. The van der Waals surface area contributed by atoms with Crippen LogP contribution in [0.5, 0.6) is 11.5 Å². The molecule has 0 aliphatic heterocycles. The van der Waals surface area contributed by atoms with E-state index in [1.165, 1.54) is 32.4 Å². The SMILES string of the molecule is COc1ccc(S(=O)(=O)N(CC(=O)NCc2cccc3ccccc23)c2ccc(Cl)cc2)cc1OC. The Balaban J connectivity index is 1.62. The highest BCUT2D eigenvalue weighted by molar-refractivity contribution is 7.92. The minimum absolute atomic E-state index is 0.0445. The molecule has 0 bridgehead atoms. The summed E-state index contributed by atoms with van der Waals surface area (Å²) in [6.45, 7) is -0.172. The lowest BCUT2D eigenvalue weighted by molar-refractivity contribution is -0.119. The number of methoxy groups -OCH3 is 2. The Morgan fingerprint density at radius 1 is 0.889 bits per heavy atom. The van der Waals surface area contributed by atoms with Gasteiger partial charge in [-0.1, -0.05) is 54.1 Å². The van der Waals surface area contributed by atoms with Gasteiger partial charge >= 0.3 is 0 Å². The zero-order chi connectivity index (χ0) is 25.7. The van der Waals surface area contributed by atoms with Gasteiger partial charge in [-0.3, -0.25) is 9.10 Å². The second kappa shape index (κ2) is 10.9. The number of carbonyl (C=O) groups excluding carboxylic acids is 1. The van der Waals surface area contributed by atoms with Crippen molar-refractivity contribution in [2.45, 2.75) is 11.4 Å². The second-order valence-corrected chi connectivity index (χ2v) is 10.2. The fourth-order valence-electron chi connectivity index (χ4n) is 3.85. The summed E-state index contributed by atoms with van der Waals surface area (Å²) in [5.41, 5.74) is 1.23. The quantitative estimate of drug-likeness (QED) is 0.332. The number of fused-ring (bicyclic) bond motifs is 1. The zero-order valence-electron chi connectivity index (χ0n) is 19.8. The van der Waals surface area contributed by atoms with Crippen LogP contribution in [0.1, 0.15) is 5.56 Å². The molecule has 0 radical (unpaired) electrons. The third-order valence-corrected chi connectivity index (χ3v) is 7.72. The molecule has 0 fully saturated rings. The molecule has 0 atom stereocenters. The first-order chi connectivity index (χ1) is 17.3. The lowest BCUT2D eigenvalue weighted by atomic mass is 10.0. The molecule has 36 heavy (non-hydrogen) atoms. The summed E-state index contributed by atoms with van der Waals surface area (Å²) in [6, 6.07) is 24.3. The molecule has 186 valence electrons. The maximum atomic E-state index is 13.7. The number of hydrogen-bond acceptors (Lipinski definition) is 5. The van der Waals surface area contributed by atoms with E-state index in [0.717, 1.165) is 20.6 Å². The van der Waals surface area contributed by atoms with Crippen LogP contribution in [0.15, 0.2) is 89.8 Å². The lowest BCUT2D eigenvalue weighted by Gasteiger charge is -2.24. The molecule has 0 aromatic heterocycles. The van der Waals surface area contributed by atoms with E-state index in [4.69, 9.17) is 21.1 Å². The molecular weight excluding hydrogens is 500 g/mol. The summed E-state index contributed by atoms with van der Waals surface area (Å²) in [5, 5.41) is 5.38. The Morgan fingerprint density at radius 3 is 2.31 bits per heavy atom. The van der Waals surface area contributed by atoms with Crippen molar-refractivity contribution in [3.63, 3.8) is 0 Å². The third-order valence-electron chi connectivity index (χ3n) is 5.70. The van der Waals surface area contributed by atoms with Gasteiger partial charge in [0.15, 0.2) is 11.5 Å². The third kappa shape index (κ3) is 5.40. The van der Waals surface area contributed by atoms with Gasteiger partial charge < -0.3 is 14.8 Å². The summed E-state index contributed by atoms with van der Waals surface area (Å²) < 4.78 is 38.9. The van der Waals surface area contributed by atoms with Crippen LogP contribution in [-0.4, -0.2) is 35.1 Å². The minimum Gasteiger partial charge on any atom is -0.493 e. The van der Waals surface area contributed by atoms with Crippen molar-refractivity contribution in [3.8, 4) is 11.5 Å². The van der Waals surface area contributed by atoms with E-state index in [1.807, 2.05) is 42.5 Å². The Morgan fingerprint density at radius 2 is 1.58 bits per heavy atom. The van der Waals surface area contributed by atoms with E-state index >= 15 is 0 Å². The van der Waals surface area contributed by atoms with E-state index < -0.39 is 22.5 Å². The smallest absolute Gasteiger partial charge is 0.264 e. The molecule has 7 nitrogen and oxygen atoms in total. The molecule has 0 saturated heterocycles. The molecule has 0 aliphatic rings. The van der Waals surface area contributed by atoms with Gasteiger partial charge in [-0.05, 0) is 52.7 Å². The number of nitrogens with zero attached hydrogens (tertiary/aromatic N) is 1. The molecule has 4 aromatic carbocycles. The van der Waals surface area contributed by atoms with Crippen LogP contribution < -0.4 is 19.1 Å². The standard InChI is InChI=1S/C27H25ClN2O5S/c1-34-25-15-14-23(16-26(25)35-2)36(32,33)30(22-12-10-21(28)11-13-22)18-27(31)29-17-20-8-5-7-19-6-3-4-9-24(19)20/h3-16H,17-18H2,1-2H3,(H,29,31). The number of carbonyl (C=O) groups is 1. The summed E-state index contributed by atoms with van der Waals surface area (Å²) >= 11 is 6.01. The maximum Gasteiger partial charge on any atom is 0.264 e. The molecule has 1 N–H and O–H groups in total. The van der Waals surface area contributed by atoms with E-state index in [-0.39, 0.29) is 17.2 Å². The number of hydrogen-bond donors (Lipinski definition) is 1. The van der Waals surface area contributed by atoms with Crippen molar-refractivity contribution in [2.24, 2.45) is 0 Å². The van der Waals surface area contributed by atoms with E-state index in [1.54, 1.807) is 24.3 Å². The molecule has 0 spiro atoms. The molecular formula is C27H25ClN2O5S. The van der Waals surface area contributed by atoms with Gasteiger partial charge in [0.1, 0.15) is 6.54 Å². The number of nitrogens with one attached hydrogen (secondary N) is 1. The summed E-state index contributed by atoms with van der Waals surface area (Å²) in [7, 11) is -1.26. The van der Waals surface area contributed by atoms with Crippen molar-refractivity contribution in [2.75, 3.05) is 25.1 Å². The van der Waals surface area contributed by atoms with Crippen LogP contribution in [-0.2, 0) is 21.4 Å². The number of halogens is 1. The first-order valence-electron chi connectivity index (χ1n) is 11.1. The van der Waals surface area contributed by atoms with Crippen LogP contribution in [0.25, 0.3) is 10.8 Å². The van der Waals surface area contributed by atoms with E-state index in [9.17, 15) is 13.2 Å². The van der Waals surface area contributed by atoms with Crippen molar-refractivity contribution in [1.82, 2.24) is 5.32 Å². The summed E-state index contributed by atoms with van der Waals surface area (Å²) in [6.07, 6.45) is 0. The first-order valence-corrected chi connectivity index (χ1v) is 12.9. The van der Waals surface area contributed by atoms with Gasteiger partial charge in [-0.2, -0.15) is 0 Å². The highest BCUT2D eigenvalue weighted by atomic mass is 35.5. The van der Waals surface area contributed by atoms with Gasteiger partial charge in [-0.25, -0.2) is 8.42 Å². The van der Waals surface area contributed by atoms with E-state index in [2.05, 4.69) is 5.32 Å². The number of ether oxygens (including phenoxy) is 2. The van der Waals surface area contributed by atoms with Crippen molar-refractivity contribution in [3.05, 3.63) is 95.5 Å². The average molecular weight is 525 g/mol. The fraction of sp³-hybridized carbons (Fsp3) is 0.148. The molecule has 4 aromatic rings. The maximum absolute atomic E-state index is 13.7. The Kier molecular flexibility index (Phi) is 7.67. The van der Waals surface area contributed by atoms with Gasteiger partial charge in [0.25, 0.3) is 10.0 Å². The van der Waals surface area contributed by atoms with Gasteiger partial charge in [0.2, 0.25) is 5.91 Å². The topological polar surface area (TPSA) is 84.9 Å². The average Bonchev–Trinajstić information content (AvgIpc) is 2.90. The summed E-state index contributed by atoms with van der Waals surface area (Å²) in [5.74, 6) is 0.194. The Labute approximate surface area is 215 Å². The number of benzene rings is 4. The number of amides is 1. The monoisotopic (exact) mass is 524 g/mol. The van der Waals surface area contributed by atoms with Crippen LogP contribution >= 0.6 is 11.6 Å². The number of sulfonamides is 1. The predicted octanol–water partition coefficient (Wildman–Crippen LogP) is 5.02. The van der Waals surface area contributed by atoms with Crippen molar-refractivity contribution >= 4 is 44.0 Å². The van der Waals surface area contributed by atoms with Gasteiger partial charge in [0.05, 0.1) is 24.8 Å². The predicted molar refractivity (Wildman–Crippen MR) is 141 cm³/mol. The molecule has 1 amide bonds.